The summed E-state index contributed by atoms with van der Waals surface area (Å²) in [5, 5.41) is 14.6. The number of hydrogen-bond acceptors (Lipinski definition) is 6. The number of benzene rings is 2. The summed E-state index contributed by atoms with van der Waals surface area (Å²) < 4.78 is 5.17. The van der Waals surface area contributed by atoms with Gasteiger partial charge in [0.15, 0.2) is 0 Å². The number of rotatable bonds is 3. The Morgan fingerprint density at radius 1 is 1.10 bits per heavy atom. The first-order valence-electron chi connectivity index (χ1n) is 6.08. The summed E-state index contributed by atoms with van der Waals surface area (Å²) in [5.41, 5.74) is 7.48. The van der Waals surface area contributed by atoms with Crippen LogP contribution in [0.15, 0.2) is 53.1 Å². The van der Waals surface area contributed by atoms with Crippen LogP contribution in [0.1, 0.15) is 0 Å². The molecule has 2 aromatic carbocycles. The van der Waals surface area contributed by atoms with Crippen LogP contribution in [-0.4, -0.2) is 15.1 Å². The summed E-state index contributed by atoms with van der Waals surface area (Å²) in [6.07, 6.45) is 0. The Balaban J connectivity index is 1.96. The van der Waals surface area contributed by atoms with Gasteiger partial charge < -0.3 is 10.3 Å². The van der Waals surface area contributed by atoms with Gasteiger partial charge in [-0.3, -0.25) is 10.1 Å². The van der Waals surface area contributed by atoms with E-state index in [1.54, 1.807) is 36.4 Å². The minimum atomic E-state index is -0.468. The number of nitrogens with two attached hydrogens (primary N) is 1. The SMILES string of the molecule is Nc1ccc(-c2nc(-c3cccc([N+](=O)[O-])c3)no2)cc1. The highest BCUT2D eigenvalue weighted by Crippen LogP contribution is 2.25. The summed E-state index contributed by atoms with van der Waals surface area (Å²) in [5.74, 6) is 0.627. The van der Waals surface area contributed by atoms with E-state index < -0.39 is 4.92 Å². The van der Waals surface area contributed by atoms with Crippen molar-refractivity contribution in [3.05, 3.63) is 58.6 Å². The highest BCUT2D eigenvalue weighted by Gasteiger charge is 2.13. The second-order valence-electron chi connectivity index (χ2n) is 4.35. The molecule has 7 heteroatoms. The third-order valence-electron chi connectivity index (χ3n) is 2.90. The smallest absolute Gasteiger partial charge is 0.270 e. The van der Waals surface area contributed by atoms with E-state index >= 15 is 0 Å². The maximum atomic E-state index is 10.8. The normalized spacial score (nSPS) is 10.5. The Bertz CT molecular complexity index is 796. The molecule has 0 radical (unpaired) electrons. The standard InChI is InChI=1S/C14H10N4O3/c15-11-6-4-9(5-7-11)14-16-13(17-21-14)10-2-1-3-12(8-10)18(19)20/h1-8H,15H2. The minimum absolute atomic E-state index is 0.0219. The number of nitro groups is 1. The molecule has 0 aliphatic heterocycles. The first-order chi connectivity index (χ1) is 10.1. The molecule has 1 aromatic heterocycles. The van der Waals surface area contributed by atoms with Crippen LogP contribution in [0.5, 0.6) is 0 Å². The van der Waals surface area contributed by atoms with Crippen LogP contribution < -0.4 is 5.73 Å². The zero-order valence-electron chi connectivity index (χ0n) is 10.8. The molecule has 0 aliphatic rings. The van der Waals surface area contributed by atoms with Gasteiger partial charge in [-0.15, -0.1) is 0 Å². The fourth-order valence-corrected chi connectivity index (χ4v) is 1.84. The maximum absolute atomic E-state index is 10.8. The zero-order valence-corrected chi connectivity index (χ0v) is 10.8. The second kappa shape index (κ2) is 5.04. The highest BCUT2D eigenvalue weighted by atomic mass is 16.6. The van der Waals surface area contributed by atoms with Crippen molar-refractivity contribution in [2.24, 2.45) is 0 Å². The second-order valence-corrected chi connectivity index (χ2v) is 4.35. The number of nitrogen functional groups attached to an aromatic ring is 1. The summed E-state index contributed by atoms with van der Waals surface area (Å²) in [7, 11) is 0. The maximum Gasteiger partial charge on any atom is 0.270 e. The van der Waals surface area contributed by atoms with Gasteiger partial charge in [-0.1, -0.05) is 17.3 Å². The number of nitrogens with zero attached hydrogens (tertiary/aromatic N) is 3. The molecular weight excluding hydrogens is 272 g/mol. The molecule has 0 aliphatic carbocycles. The molecule has 104 valence electrons. The predicted octanol–water partition coefficient (Wildman–Crippen LogP) is 2.89. The van der Waals surface area contributed by atoms with E-state index in [2.05, 4.69) is 10.1 Å². The van der Waals surface area contributed by atoms with E-state index in [-0.39, 0.29) is 5.69 Å². The fraction of sp³-hybridized carbons (Fsp3) is 0. The third kappa shape index (κ3) is 2.57. The van der Waals surface area contributed by atoms with Crippen LogP contribution in [0.25, 0.3) is 22.8 Å². The lowest BCUT2D eigenvalue weighted by atomic mass is 10.2. The van der Waals surface area contributed by atoms with E-state index in [4.69, 9.17) is 10.3 Å². The van der Waals surface area contributed by atoms with Crippen LogP contribution in [0, 0.1) is 10.1 Å². The van der Waals surface area contributed by atoms with Crippen molar-refractivity contribution in [2.45, 2.75) is 0 Å². The molecule has 3 rings (SSSR count). The van der Waals surface area contributed by atoms with Gasteiger partial charge in [0, 0.05) is 28.9 Å². The molecular formula is C14H10N4O3. The molecule has 0 saturated heterocycles. The average Bonchev–Trinajstić information content (AvgIpc) is 2.98. The van der Waals surface area contributed by atoms with Crippen molar-refractivity contribution in [3.63, 3.8) is 0 Å². The van der Waals surface area contributed by atoms with E-state index in [0.29, 0.717) is 23.0 Å². The average molecular weight is 282 g/mol. The zero-order chi connectivity index (χ0) is 14.8. The summed E-state index contributed by atoms with van der Waals surface area (Å²) in [4.78, 5) is 14.5. The lowest BCUT2D eigenvalue weighted by Crippen LogP contribution is -1.89. The minimum Gasteiger partial charge on any atom is -0.399 e. The van der Waals surface area contributed by atoms with Gasteiger partial charge in [-0.25, -0.2) is 0 Å². The van der Waals surface area contributed by atoms with Gasteiger partial charge in [0.2, 0.25) is 5.82 Å². The Hall–Kier alpha value is -3.22. The van der Waals surface area contributed by atoms with Crippen molar-refractivity contribution in [3.8, 4) is 22.8 Å². The number of non-ortho nitro benzene ring substituents is 1. The summed E-state index contributed by atoms with van der Waals surface area (Å²) >= 11 is 0. The van der Waals surface area contributed by atoms with Gasteiger partial charge in [-0.05, 0) is 24.3 Å². The molecule has 21 heavy (non-hydrogen) atoms. The molecule has 0 unspecified atom stereocenters. The molecule has 7 nitrogen and oxygen atoms in total. The van der Waals surface area contributed by atoms with E-state index in [1.165, 1.54) is 12.1 Å². The van der Waals surface area contributed by atoms with Gasteiger partial charge in [0.25, 0.3) is 11.6 Å². The number of nitro benzene ring substituents is 1. The molecule has 0 bridgehead atoms. The third-order valence-corrected chi connectivity index (χ3v) is 2.90. The van der Waals surface area contributed by atoms with Gasteiger partial charge >= 0.3 is 0 Å². The number of anilines is 1. The Kier molecular flexibility index (Phi) is 3.07. The quantitative estimate of drug-likeness (QED) is 0.449. The highest BCUT2D eigenvalue weighted by molar-refractivity contribution is 5.63. The molecule has 0 spiro atoms. The van der Waals surface area contributed by atoms with Crippen LogP contribution in [0.3, 0.4) is 0 Å². The van der Waals surface area contributed by atoms with E-state index in [9.17, 15) is 10.1 Å². The van der Waals surface area contributed by atoms with Gasteiger partial charge in [-0.2, -0.15) is 4.98 Å². The summed E-state index contributed by atoms with van der Waals surface area (Å²) in [6, 6.07) is 13.1. The Labute approximate surface area is 119 Å². The van der Waals surface area contributed by atoms with Crippen molar-refractivity contribution >= 4 is 11.4 Å². The molecule has 0 fully saturated rings. The fourth-order valence-electron chi connectivity index (χ4n) is 1.84. The largest absolute Gasteiger partial charge is 0.399 e. The molecule has 0 saturated carbocycles. The van der Waals surface area contributed by atoms with Gasteiger partial charge in [0.05, 0.1) is 4.92 Å². The predicted molar refractivity (Wildman–Crippen MR) is 76.2 cm³/mol. The molecule has 0 amide bonds. The topological polar surface area (TPSA) is 108 Å². The van der Waals surface area contributed by atoms with Crippen LogP contribution in [-0.2, 0) is 0 Å². The monoisotopic (exact) mass is 282 g/mol. The van der Waals surface area contributed by atoms with Crippen molar-refractivity contribution in [1.82, 2.24) is 10.1 Å². The van der Waals surface area contributed by atoms with Crippen molar-refractivity contribution < 1.29 is 9.45 Å². The van der Waals surface area contributed by atoms with Crippen molar-refractivity contribution in [2.75, 3.05) is 5.73 Å². The number of aromatic nitrogens is 2. The molecule has 1 heterocycles. The first kappa shape index (κ1) is 12.8. The Morgan fingerprint density at radius 3 is 2.57 bits per heavy atom. The Morgan fingerprint density at radius 2 is 1.86 bits per heavy atom. The van der Waals surface area contributed by atoms with E-state index in [1.807, 2.05) is 0 Å². The van der Waals surface area contributed by atoms with Crippen molar-refractivity contribution in [1.29, 1.82) is 0 Å². The lowest BCUT2D eigenvalue weighted by Gasteiger charge is -1.95. The van der Waals surface area contributed by atoms with Crippen LogP contribution in [0.4, 0.5) is 11.4 Å². The lowest BCUT2D eigenvalue weighted by molar-refractivity contribution is -0.384. The molecule has 0 atom stereocenters. The molecule has 2 N–H and O–H groups in total. The first-order valence-corrected chi connectivity index (χ1v) is 6.08. The van der Waals surface area contributed by atoms with Gasteiger partial charge in [0.1, 0.15) is 0 Å². The number of hydrogen-bond donors (Lipinski definition) is 1. The van der Waals surface area contributed by atoms with Crippen LogP contribution >= 0.6 is 0 Å². The summed E-state index contributed by atoms with van der Waals surface area (Å²) in [6.45, 7) is 0. The van der Waals surface area contributed by atoms with E-state index in [0.717, 1.165) is 5.56 Å². The van der Waals surface area contributed by atoms with Crippen LogP contribution in [0.2, 0.25) is 0 Å². The molecule has 3 aromatic rings.